The fourth-order valence-electron chi connectivity index (χ4n) is 1.10. The van der Waals surface area contributed by atoms with Gasteiger partial charge in [-0.3, -0.25) is 0 Å². The Bertz CT molecular complexity index is 226. The molecule has 0 spiro atoms. The smallest absolute Gasteiger partial charge is 0.0821 e. The summed E-state index contributed by atoms with van der Waals surface area (Å²) in [5, 5.41) is 0.748. The fourth-order valence-corrected chi connectivity index (χ4v) is 1.22. The van der Waals surface area contributed by atoms with Crippen molar-refractivity contribution >= 4 is 11.6 Å². The Morgan fingerprint density at radius 3 is 2.42 bits per heavy atom. The molecule has 0 fully saturated rings. The van der Waals surface area contributed by atoms with Crippen LogP contribution >= 0.6 is 11.6 Å². The van der Waals surface area contributed by atoms with E-state index >= 15 is 0 Å². The molecular formula is C10H12ClO. The van der Waals surface area contributed by atoms with Crippen LogP contribution in [0.3, 0.4) is 0 Å². The normalized spacial score (nSPS) is 12.9. The molecule has 0 bridgehead atoms. The van der Waals surface area contributed by atoms with E-state index in [2.05, 4.69) is 6.92 Å². The largest absolute Gasteiger partial charge is 0.377 e. The van der Waals surface area contributed by atoms with Crippen molar-refractivity contribution in [2.24, 2.45) is 0 Å². The first-order chi connectivity index (χ1) is 5.77. The molecule has 2 heteroatoms. The predicted molar refractivity (Wildman–Crippen MR) is 51.2 cm³/mol. The summed E-state index contributed by atoms with van der Waals surface area (Å²) < 4.78 is 5.22. The van der Waals surface area contributed by atoms with Gasteiger partial charge in [0, 0.05) is 12.1 Å². The topological polar surface area (TPSA) is 9.23 Å². The van der Waals surface area contributed by atoms with E-state index in [0.29, 0.717) is 0 Å². The average Bonchev–Trinajstić information content (AvgIpc) is 2.10. The molecule has 0 N–H and O–H groups in total. The van der Waals surface area contributed by atoms with E-state index in [4.69, 9.17) is 16.3 Å². The molecule has 0 amide bonds. The van der Waals surface area contributed by atoms with E-state index < -0.39 is 0 Å². The first-order valence-electron chi connectivity index (χ1n) is 3.85. The maximum Gasteiger partial charge on any atom is 0.0821 e. The second-order valence-corrected chi connectivity index (χ2v) is 3.00. The maximum atomic E-state index is 5.75. The van der Waals surface area contributed by atoms with E-state index in [1.807, 2.05) is 24.3 Å². The molecular weight excluding hydrogens is 172 g/mol. The second kappa shape index (κ2) is 4.48. The maximum absolute atomic E-state index is 5.75. The summed E-state index contributed by atoms with van der Waals surface area (Å²) in [5.41, 5.74) is 1.12. The van der Waals surface area contributed by atoms with Crippen molar-refractivity contribution < 1.29 is 4.74 Å². The van der Waals surface area contributed by atoms with Gasteiger partial charge in [-0.1, -0.05) is 30.7 Å². The van der Waals surface area contributed by atoms with E-state index in [-0.39, 0.29) is 6.10 Å². The molecule has 0 aromatic heterocycles. The molecule has 0 saturated heterocycles. The van der Waals surface area contributed by atoms with E-state index in [0.717, 1.165) is 17.0 Å². The van der Waals surface area contributed by atoms with Gasteiger partial charge in [0.05, 0.1) is 6.10 Å². The summed E-state index contributed by atoms with van der Waals surface area (Å²) in [4.78, 5) is 0. The lowest BCUT2D eigenvalue weighted by molar-refractivity contribution is 0.105. The number of ether oxygens (including phenoxy) is 1. The Morgan fingerprint density at radius 2 is 2.00 bits per heavy atom. The quantitative estimate of drug-likeness (QED) is 0.699. The van der Waals surface area contributed by atoms with Gasteiger partial charge in [0.15, 0.2) is 0 Å². The van der Waals surface area contributed by atoms with Gasteiger partial charge < -0.3 is 4.74 Å². The average molecular weight is 184 g/mol. The van der Waals surface area contributed by atoms with E-state index in [9.17, 15) is 0 Å². The van der Waals surface area contributed by atoms with Gasteiger partial charge in [-0.05, 0) is 24.1 Å². The van der Waals surface area contributed by atoms with Gasteiger partial charge in [-0.2, -0.15) is 0 Å². The van der Waals surface area contributed by atoms with Crippen LogP contribution in [0.25, 0.3) is 0 Å². The third kappa shape index (κ3) is 2.23. The van der Waals surface area contributed by atoms with Crippen molar-refractivity contribution in [2.75, 3.05) is 7.11 Å². The summed E-state index contributed by atoms with van der Waals surface area (Å²) in [6.07, 6.45) is 0.820. The van der Waals surface area contributed by atoms with Crippen molar-refractivity contribution in [2.45, 2.75) is 12.5 Å². The Balaban J connectivity index is 2.80. The summed E-state index contributed by atoms with van der Waals surface area (Å²) in [5.74, 6) is 0. The summed E-state index contributed by atoms with van der Waals surface area (Å²) in [6, 6.07) is 7.64. The van der Waals surface area contributed by atoms with Gasteiger partial charge >= 0.3 is 0 Å². The molecule has 0 aliphatic rings. The molecule has 1 aromatic rings. The van der Waals surface area contributed by atoms with Crippen molar-refractivity contribution in [3.63, 3.8) is 0 Å². The minimum Gasteiger partial charge on any atom is -0.377 e. The third-order valence-electron chi connectivity index (χ3n) is 1.79. The van der Waals surface area contributed by atoms with Crippen molar-refractivity contribution in [3.05, 3.63) is 41.8 Å². The van der Waals surface area contributed by atoms with E-state index in [1.165, 1.54) is 0 Å². The lowest BCUT2D eigenvalue weighted by atomic mass is 10.1. The molecule has 1 unspecified atom stereocenters. The molecule has 0 saturated carbocycles. The Morgan fingerprint density at radius 1 is 1.42 bits per heavy atom. The summed E-state index contributed by atoms with van der Waals surface area (Å²) in [6.45, 7) is 3.80. The number of hydrogen-bond donors (Lipinski definition) is 0. The SMILES string of the molecule is [CH2]CC(OC)c1ccc(Cl)cc1. The Hall–Kier alpha value is -0.530. The van der Waals surface area contributed by atoms with Crippen molar-refractivity contribution in [1.29, 1.82) is 0 Å². The minimum absolute atomic E-state index is 0.0854. The van der Waals surface area contributed by atoms with Crippen molar-refractivity contribution in [3.8, 4) is 0 Å². The van der Waals surface area contributed by atoms with Gasteiger partial charge in [-0.25, -0.2) is 0 Å². The number of halogens is 1. The van der Waals surface area contributed by atoms with Gasteiger partial charge in [0.2, 0.25) is 0 Å². The van der Waals surface area contributed by atoms with Crippen molar-refractivity contribution in [1.82, 2.24) is 0 Å². The van der Waals surface area contributed by atoms with Crippen LogP contribution < -0.4 is 0 Å². The fraction of sp³-hybridized carbons (Fsp3) is 0.300. The highest BCUT2D eigenvalue weighted by molar-refractivity contribution is 6.30. The lowest BCUT2D eigenvalue weighted by Gasteiger charge is -2.12. The van der Waals surface area contributed by atoms with Gasteiger partial charge in [0.1, 0.15) is 0 Å². The molecule has 0 aliphatic carbocycles. The van der Waals surface area contributed by atoms with Crippen LogP contribution in [0, 0.1) is 6.92 Å². The number of hydrogen-bond acceptors (Lipinski definition) is 1. The van der Waals surface area contributed by atoms with Crippen LogP contribution in [0.2, 0.25) is 5.02 Å². The third-order valence-corrected chi connectivity index (χ3v) is 2.04. The Labute approximate surface area is 78.3 Å². The zero-order chi connectivity index (χ0) is 8.97. The van der Waals surface area contributed by atoms with Crippen LogP contribution in [0.5, 0.6) is 0 Å². The zero-order valence-electron chi connectivity index (χ0n) is 7.09. The van der Waals surface area contributed by atoms with Gasteiger partial charge in [0.25, 0.3) is 0 Å². The molecule has 1 rings (SSSR count). The molecule has 1 nitrogen and oxygen atoms in total. The number of methoxy groups -OCH3 is 1. The Kier molecular flexibility index (Phi) is 3.57. The molecule has 1 radical (unpaired) electrons. The minimum atomic E-state index is 0.0854. The molecule has 0 aliphatic heterocycles. The van der Waals surface area contributed by atoms with Crippen LogP contribution in [0.15, 0.2) is 24.3 Å². The first-order valence-corrected chi connectivity index (χ1v) is 4.23. The number of rotatable bonds is 3. The van der Waals surface area contributed by atoms with Gasteiger partial charge in [-0.15, -0.1) is 0 Å². The highest BCUT2D eigenvalue weighted by Gasteiger charge is 2.06. The molecule has 0 heterocycles. The molecule has 1 atom stereocenters. The summed E-state index contributed by atoms with van der Waals surface area (Å²) in [7, 11) is 1.68. The standard InChI is InChI=1S/C10H12ClO/c1-3-10(12-2)8-4-6-9(11)7-5-8/h4-7,10H,1,3H2,2H3. The molecule has 12 heavy (non-hydrogen) atoms. The molecule has 1 aromatic carbocycles. The summed E-state index contributed by atoms with van der Waals surface area (Å²) >= 11 is 5.75. The van der Waals surface area contributed by atoms with Crippen LogP contribution in [0.4, 0.5) is 0 Å². The lowest BCUT2D eigenvalue weighted by Crippen LogP contribution is -1.98. The highest BCUT2D eigenvalue weighted by Crippen LogP contribution is 2.21. The van der Waals surface area contributed by atoms with E-state index in [1.54, 1.807) is 7.11 Å². The number of benzene rings is 1. The highest BCUT2D eigenvalue weighted by atomic mass is 35.5. The zero-order valence-corrected chi connectivity index (χ0v) is 7.84. The van der Waals surface area contributed by atoms with Crippen LogP contribution in [-0.4, -0.2) is 7.11 Å². The monoisotopic (exact) mass is 183 g/mol. The van der Waals surface area contributed by atoms with Crippen LogP contribution in [-0.2, 0) is 4.74 Å². The predicted octanol–water partition coefficient (Wildman–Crippen LogP) is 3.25. The molecule has 65 valence electrons. The second-order valence-electron chi connectivity index (χ2n) is 2.56. The van der Waals surface area contributed by atoms with Crippen LogP contribution in [0.1, 0.15) is 18.1 Å². The first kappa shape index (κ1) is 9.56.